The Morgan fingerprint density at radius 1 is 0.952 bits per heavy atom. The van der Waals surface area contributed by atoms with Gasteiger partial charge in [0.25, 0.3) is 0 Å². The molecule has 2 rings (SSSR count). The Morgan fingerprint density at radius 2 is 1.57 bits per heavy atom. The molecule has 0 aliphatic rings. The summed E-state index contributed by atoms with van der Waals surface area (Å²) in [4.78, 5) is 11.2. The van der Waals surface area contributed by atoms with E-state index in [2.05, 4.69) is 6.08 Å². The van der Waals surface area contributed by atoms with Crippen LogP contribution in [0.4, 0.5) is 0 Å². The smallest absolute Gasteiger partial charge is 0.344 e. The minimum Gasteiger partial charge on any atom is -0.482 e. The number of hydrogen-bond donors (Lipinski definition) is 0. The number of carbonyl (C=O) groups is 1. The third kappa shape index (κ3) is 5.15. The molecule has 2 aromatic rings. The van der Waals surface area contributed by atoms with E-state index >= 15 is 0 Å². The maximum atomic E-state index is 11.2. The molecule has 0 radical (unpaired) electrons. The van der Waals surface area contributed by atoms with Gasteiger partial charge in [-0.15, -0.1) is 0 Å². The first-order valence-corrected chi connectivity index (χ1v) is 6.89. The second-order valence-corrected chi connectivity index (χ2v) is 4.41. The summed E-state index contributed by atoms with van der Waals surface area (Å²) in [6.07, 6.45) is 4.08. The van der Waals surface area contributed by atoms with Gasteiger partial charge in [-0.1, -0.05) is 54.6 Å². The van der Waals surface area contributed by atoms with Crippen LogP contribution in [-0.2, 0) is 9.53 Å². The average Bonchev–Trinajstić information content (AvgIpc) is 2.53. The predicted octanol–water partition coefficient (Wildman–Crippen LogP) is 3.80. The highest BCUT2D eigenvalue weighted by Gasteiger charge is 2.02. The molecular weight excluding hydrogens is 264 g/mol. The van der Waals surface area contributed by atoms with Crippen molar-refractivity contribution in [3.05, 3.63) is 65.7 Å². The van der Waals surface area contributed by atoms with Gasteiger partial charge in [-0.3, -0.25) is 0 Å². The van der Waals surface area contributed by atoms with Crippen molar-refractivity contribution in [1.29, 1.82) is 0 Å². The van der Waals surface area contributed by atoms with Crippen molar-refractivity contribution in [2.45, 2.75) is 6.92 Å². The number of esters is 1. The fraction of sp³-hybridized carbons (Fsp3) is 0.167. The second kappa shape index (κ2) is 7.90. The Bertz CT molecular complexity index is 586. The molecule has 0 aromatic heterocycles. The molecule has 0 amide bonds. The van der Waals surface area contributed by atoms with Gasteiger partial charge >= 0.3 is 5.97 Å². The molecule has 21 heavy (non-hydrogen) atoms. The summed E-state index contributed by atoms with van der Waals surface area (Å²) in [5, 5.41) is 0. The highest BCUT2D eigenvalue weighted by molar-refractivity contribution is 5.71. The van der Waals surface area contributed by atoms with Gasteiger partial charge < -0.3 is 9.47 Å². The highest BCUT2D eigenvalue weighted by Crippen LogP contribution is 2.14. The van der Waals surface area contributed by atoms with Gasteiger partial charge in [-0.2, -0.15) is 0 Å². The van der Waals surface area contributed by atoms with Gasteiger partial charge in [-0.05, 0) is 30.2 Å². The van der Waals surface area contributed by atoms with E-state index < -0.39 is 0 Å². The number of hydrogen-bond acceptors (Lipinski definition) is 3. The molecular formula is C18H18O3. The largest absolute Gasteiger partial charge is 0.482 e. The lowest BCUT2D eigenvalue weighted by atomic mass is 10.1. The third-order valence-electron chi connectivity index (χ3n) is 2.81. The first-order valence-electron chi connectivity index (χ1n) is 6.89. The van der Waals surface area contributed by atoms with Crippen molar-refractivity contribution in [3.8, 4) is 5.75 Å². The van der Waals surface area contributed by atoms with Crippen LogP contribution < -0.4 is 4.74 Å². The number of ether oxygens (including phenoxy) is 2. The summed E-state index contributed by atoms with van der Waals surface area (Å²) in [6, 6.07) is 17.7. The quantitative estimate of drug-likeness (QED) is 0.597. The minimum absolute atomic E-state index is 0.0625. The maximum Gasteiger partial charge on any atom is 0.344 e. The lowest BCUT2D eigenvalue weighted by Gasteiger charge is -2.05. The Kier molecular flexibility index (Phi) is 5.59. The van der Waals surface area contributed by atoms with Gasteiger partial charge in [0.2, 0.25) is 0 Å². The molecule has 3 heteroatoms. The van der Waals surface area contributed by atoms with Crippen LogP contribution in [0.15, 0.2) is 54.6 Å². The molecule has 0 saturated heterocycles. The Morgan fingerprint density at radius 3 is 2.19 bits per heavy atom. The van der Waals surface area contributed by atoms with Crippen LogP contribution in [0, 0.1) is 0 Å². The molecule has 0 atom stereocenters. The molecule has 0 bridgehead atoms. The zero-order chi connectivity index (χ0) is 14.9. The SMILES string of the molecule is CCOC(=O)COc1ccc(C=Cc2ccccc2)cc1. The van der Waals surface area contributed by atoms with Crippen molar-refractivity contribution in [1.82, 2.24) is 0 Å². The molecule has 0 spiro atoms. The van der Waals surface area contributed by atoms with Crippen molar-refractivity contribution in [2.24, 2.45) is 0 Å². The highest BCUT2D eigenvalue weighted by atomic mass is 16.6. The van der Waals surface area contributed by atoms with Gasteiger partial charge in [-0.25, -0.2) is 4.79 Å². The number of benzene rings is 2. The fourth-order valence-corrected chi connectivity index (χ4v) is 1.78. The topological polar surface area (TPSA) is 35.5 Å². The standard InChI is InChI=1S/C18H18O3/c1-2-20-18(19)14-21-17-12-10-16(11-13-17)9-8-15-6-4-3-5-7-15/h3-13H,2,14H2,1H3. The molecule has 0 fully saturated rings. The summed E-state index contributed by atoms with van der Waals surface area (Å²) in [7, 11) is 0. The summed E-state index contributed by atoms with van der Waals surface area (Å²) in [5.74, 6) is 0.297. The lowest BCUT2D eigenvalue weighted by molar-refractivity contribution is -0.145. The van der Waals surface area contributed by atoms with E-state index in [1.807, 2.05) is 60.7 Å². The minimum atomic E-state index is -0.356. The van der Waals surface area contributed by atoms with Crippen LogP contribution in [0.2, 0.25) is 0 Å². The van der Waals surface area contributed by atoms with Crippen LogP contribution >= 0.6 is 0 Å². The van der Waals surface area contributed by atoms with Crippen molar-refractivity contribution in [2.75, 3.05) is 13.2 Å². The molecule has 0 aliphatic carbocycles. The van der Waals surface area contributed by atoms with Crippen LogP contribution in [0.1, 0.15) is 18.1 Å². The number of rotatable bonds is 6. The zero-order valence-corrected chi connectivity index (χ0v) is 12.0. The van der Waals surface area contributed by atoms with E-state index in [1.165, 1.54) is 0 Å². The monoisotopic (exact) mass is 282 g/mol. The number of carbonyl (C=O) groups excluding carboxylic acids is 1. The van der Waals surface area contributed by atoms with Crippen LogP contribution in [-0.4, -0.2) is 19.2 Å². The molecule has 0 saturated carbocycles. The molecule has 2 aromatic carbocycles. The van der Waals surface area contributed by atoms with E-state index in [-0.39, 0.29) is 12.6 Å². The molecule has 0 N–H and O–H groups in total. The van der Waals surface area contributed by atoms with Crippen LogP contribution in [0.25, 0.3) is 12.2 Å². The van der Waals surface area contributed by atoms with Gasteiger partial charge in [0.1, 0.15) is 5.75 Å². The van der Waals surface area contributed by atoms with Gasteiger partial charge in [0.15, 0.2) is 6.61 Å². The summed E-state index contributed by atoms with van der Waals surface area (Å²) < 4.78 is 10.1. The predicted molar refractivity (Wildman–Crippen MR) is 83.9 cm³/mol. The first-order chi connectivity index (χ1) is 10.3. The Balaban J connectivity index is 1.90. The van der Waals surface area contributed by atoms with Crippen LogP contribution in [0.5, 0.6) is 5.75 Å². The van der Waals surface area contributed by atoms with E-state index in [9.17, 15) is 4.79 Å². The third-order valence-corrected chi connectivity index (χ3v) is 2.81. The fourth-order valence-electron chi connectivity index (χ4n) is 1.78. The second-order valence-electron chi connectivity index (χ2n) is 4.41. The summed E-state index contributed by atoms with van der Waals surface area (Å²) in [5.41, 5.74) is 2.22. The van der Waals surface area contributed by atoms with E-state index in [0.717, 1.165) is 11.1 Å². The summed E-state index contributed by atoms with van der Waals surface area (Å²) >= 11 is 0. The summed E-state index contributed by atoms with van der Waals surface area (Å²) in [6.45, 7) is 2.07. The van der Waals surface area contributed by atoms with Crippen molar-refractivity contribution < 1.29 is 14.3 Å². The average molecular weight is 282 g/mol. The normalized spacial score (nSPS) is 10.5. The zero-order valence-electron chi connectivity index (χ0n) is 12.0. The van der Waals surface area contributed by atoms with Gasteiger partial charge in [0.05, 0.1) is 6.61 Å². The Hall–Kier alpha value is -2.55. The first kappa shape index (κ1) is 14.9. The molecule has 3 nitrogen and oxygen atoms in total. The van der Waals surface area contributed by atoms with Crippen LogP contribution in [0.3, 0.4) is 0 Å². The van der Waals surface area contributed by atoms with E-state index in [1.54, 1.807) is 6.92 Å². The van der Waals surface area contributed by atoms with Gasteiger partial charge in [0, 0.05) is 0 Å². The Labute approximate surface area is 124 Å². The van der Waals surface area contributed by atoms with E-state index in [0.29, 0.717) is 12.4 Å². The molecule has 108 valence electrons. The van der Waals surface area contributed by atoms with Crippen molar-refractivity contribution in [3.63, 3.8) is 0 Å². The van der Waals surface area contributed by atoms with Crippen molar-refractivity contribution >= 4 is 18.1 Å². The molecule has 0 unspecified atom stereocenters. The maximum absolute atomic E-state index is 11.2. The molecule has 0 heterocycles. The lowest BCUT2D eigenvalue weighted by Crippen LogP contribution is -2.14. The molecule has 0 aliphatic heterocycles. The van der Waals surface area contributed by atoms with E-state index in [4.69, 9.17) is 9.47 Å².